The van der Waals surface area contributed by atoms with Crippen molar-refractivity contribution >= 4 is 0 Å². The monoisotopic (exact) mass is 156 g/mol. The Balaban J connectivity index is 2.09. The average molecular weight is 156 g/mol. The SMILES string of the molecule is CC(C)CN1CC(C(C)N)C1. The molecule has 0 radical (unpaired) electrons. The van der Waals surface area contributed by atoms with Crippen molar-refractivity contribution in [1.82, 2.24) is 4.90 Å². The molecular weight excluding hydrogens is 136 g/mol. The molecule has 0 spiro atoms. The van der Waals surface area contributed by atoms with Gasteiger partial charge in [-0.1, -0.05) is 13.8 Å². The Kier molecular flexibility index (Phi) is 2.90. The Bertz CT molecular complexity index is 115. The first kappa shape index (κ1) is 9.01. The lowest BCUT2D eigenvalue weighted by molar-refractivity contribution is 0.0740. The second-order valence-electron chi connectivity index (χ2n) is 4.23. The van der Waals surface area contributed by atoms with Crippen LogP contribution in [0, 0.1) is 11.8 Å². The maximum Gasteiger partial charge on any atom is 0.00632 e. The van der Waals surface area contributed by atoms with Crippen LogP contribution >= 0.6 is 0 Å². The largest absolute Gasteiger partial charge is 0.328 e. The fourth-order valence-electron chi connectivity index (χ4n) is 1.61. The third-order valence-corrected chi connectivity index (χ3v) is 2.35. The first-order chi connectivity index (χ1) is 5.09. The molecule has 1 rings (SSSR count). The lowest BCUT2D eigenvalue weighted by atomic mass is 9.92. The molecule has 1 unspecified atom stereocenters. The van der Waals surface area contributed by atoms with Crippen molar-refractivity contribution in [2.75, 3.05) is 19.6 Å². The van der Waals surface area contributed by atoms with Crippen LogP contribution in [0.4, 0.5) is 0 Å². The quantitative estimate of drug-likeness (QED) is 0.658. The van der Waals surface area contributed by atoms with Crippen LogP contribution in [-0.4, -0.2) is 30.6 Å². The number of nitrogens with zero attached hydrogens (tertiary/aromatic N) is 1. The molecule has 0 aromatic carbocycles. The molecule has 0 aliphatic carbocycles. The summed E-state index contributed by atoms with van der Waals surface area (Å²) in [5, 5.41) is 0. The van der Waals surface area contributed by atoms with Crippen LogP contribution in [0.5, 0.6) is 0 Å². The molecule has 2 nitrogen and oxygen atoms in total. The summed E-state index contributed by atoms with van der Waals surface area (Å²) >= 11 is 0. The molecule has 0 aromatic rings. The van der Waals surface area contributed by atoms with E-state index in [4.69, 9.17) is 5.73 Å². The highest BCUT2D eigenvalue weighted by atomic mass is 15.2. The summed E-state index contributed by atoms with van der Waals surface area (Å²) in [4.78, 5) is 2.48. The fourth-order valence-corrected chi connectivity index (χ4v) is 1.61. The topological polar surface area (TPSA) is 29.3 Å². The van der Waals surface area contributed by atoms with E-state index in [1.165, 1.54) is 19.6 Å². The number of likely N-dealkylation sites (tertiary alicyclic amines) is 1. The van der Waals surface area contributed by atoms with Gasteiger partial charge in [-0.25, -0.2) is 0 Å². The first-order valence-electron chi connectivity index (χ1n) is 4.57. The van der Waals surface area contributed by atoms with E-state index < -0.39 is 0 Å². The Hall–Kier alpha value is -0.0800. The lowest BCUT2D eigenvalue weighted by Crippen LogP contribution is -2.54. The van der Waals surface area contributed by atoms with Gasteiger partial charge in [-0.3, -0.25) is 0 Å². The Morgan fingerprint density at radius 2 is 1.91 bits per heavy atom. The minimum atomic E-state index is 0.387. The third-order valence-electron chi connectivity index (χ3n) is 2.35. The molecule has 1 atom stereocenters. The van der Waals surface area contributed by atoms with Gasteiger partial charge in [-0.15, -0.1) is 0 Å². The van der Waals surface area contributed by atoms with Gasteiger partial charge in [-0.05, 0) is 18.8 Å². The molecule has 0 saturated carbocycles. The van der Waals surface area contributed by atoms with Crippen molar-refractivity contribution in [2.24, 2.45) is 17.6 Å². The van der Waals surface area contributed by atoms with E-state index in [0.29, 0.717) is 6.04 Å². The van der Waals surface area contributed by atoms with Gasteiger partial charge in [-0.2, -0.15) is 0 Å². The minimum absolute atomic E-state index is 0.387. The Labute approximate surface area is 69.8 Å². The highest BCUT2D eigenvalue weighted by Crippen LogP contribution is 2.18. The van der Waals surface area contributed by atoms with E-state index in [1.807, 2.05) is 0 Å². The fraction of sp³-hybridized carbons (Fsp3) is 1.00. The Morgan fingerprint density at radius 1 is 1.36 bits per heavy atom. The summed E-state index contributed by atoms with van der Waals surface area (Å²) < 4.78 is 0. The smallest absolute Gasteiger partial charge is 0.00632 e. The lowest BCUT2D eigenvalue weighted by Gasteiger charge is -2.42. The minimum Gasteiger partial charge on any atom is -0.328 e. The summed E-state index contributed by atoms with van der Waals surface area (Å²) in [6.07, 6.45) is 0. The predicted molar refractivity (Wildman–Crippen MR) is 48.4 cm³/mol. The molecule has 2 N–H and O–H groups in total. The van der Waals surface area contributed by atoms with E-state index in [1.54, 1.807) is 0 Å². The summed E-state index contributed by atoms with van der Waals surface area (Å²) in [6.45, 7) is 10.3. The van der Waals surface area contributed by atoms with Crippen molar-refractivity contribution in [3.8, 4) is 0 Å². The molecule has 11 heavy (non-hydrogen) atoms. The molecule has 2 heteroatoms. The van der Waals surface area contributed by atoms with Gasteiger partial charge in [0.1, 0.15) is 0 Å². The molecule has 0 amide bonds. The highest BCUT2D eigenvalue weighted by molar-refractivity contribution is 4.85. The summed E-state index contributed by atoms with van der Waals surface area (Å²) in [5.74, 6) is 1.55. The van der Waals surface area contributed by atoms with Crippen LogP contribution in [0.15, 0.2) is 0 Å². The van der Waals surface area contributed by atoms with Gasteiger partial charge in [0.05, 0.1) is 0 Å². The second-order valence-corrected chi connectivity index (χ2v) is 4.23. The molecule has 1 aliphatic rings. The highest BCUT2D eigenvalue weighted by Gasteiger charge is 2.28. The van der Waals surface area contributed by atoms with Gasteiger partial charge in [0, 0.05) is 25.7 Å². The van der Waals surface area contributed by atoms with Crippen molar-refractivity contribution in [3.63, 3.8) is 0 Å². The van der Waals surface area contributed by atoms with E-state index in [9.17, 15) is 0 Å². The van der Waals surface area contributed by atoms with Gasteiger partial charge in [0.2, 0.25) is 0 Å². The molecular formula is C9H20N2. The van der Waals surface area contributed by atoms with Gasteiger partial charge < -0.3 is 10.6 Å². The van der Waals surface area contributed by atoms with Crippen LogP contribution in [0.3, 0.4) is 0 Å². The van der Waals surface area contributed by atoms with Crippen molar-refractivity contribution in [3.05, 3.63) is 0 Å². The number of hydrogen-bond acceptors (Lipinski definition) is 2. The number of nitrogens with two attached hydrogens (primary N) is 1. The molecule has 1 aliphatic heterocycles. The maximum atomic E-state index is 5.76. The number of hydrogen-bond donors (Lipinski definition) is 1. The summed E-state index contributed by atoms with van der Waals surface area (Å²) in [6, 6.07) is 0.387. The van der Waals surface area contributed by atoms with Gasteiger partial charge in [0.25, 0.3) is 0 Å². The zero-order valence-electron chi connectivity index (χ0n) is 7.88. The Morgan fingerprint density at radius 3 is 2.27 bits per heavy atom. The van der Waals surface area contributed by atoms with E-state index in [2.05, 4.69) is 25.7 Å². The number of rotatable bonds is 3. The average Bonchev–Trinajstić information content (AvgIpc) is 1.75. The van der Waals surface area contributed by atoms with Crippen LogP contribution < -0.4 is 5.73 Å². The van der Waals surface area contributed by atoms with E-state index >= 15 is 0 Å². The van der Waals surface area contributed by atoms with Crippen molar-refractivity contribution < 1.29 is 0 Å². The van der Waals surface area contributed by atoms with Crippen LogP contribution in [0.25, 0.3) is 0 Å². The zero-order chi connectivity index (χ0) is 8.43. The standard InChI is InChI=1S/C9H20N2/c1-7(2)4-11-5-9(6-11)8(3)10/h7-9H,4-6,10H2,1-3H3. The molecule has 1 heterocycles. The third kappa shape index (κ3) is 2.46. The van der Waals surface area contributed by atoms with E-state index in [-0.39, 0.29) is 0 Å². The van der Waals surface area contributed by atoms with Gasteiger partial charge in [0.15, 0.2) is 0 Å². The molecule has 66 valence electrons. The molecule has 0 bridgehead atoms. The second kappa shape index (κ2) is 3.55. The van der Waals surface area contributed by atoms with E-state index in [0.717, 1.165) is 11.8 Å². The summed E-state index contributed by atoms with van der Waals surface area (Å²) in [7, 11) is 0. The van der Waals surface area contributed by atoms with Gasteiger partial charge >= 0.3 is 0 Å². The first-order valence-corrected chi connectivity index (χ1v) is 4.57. The maximum absolute atomic E-state index is 5.76. The molecule has 1 saturated heterocycles. The zero-order valence-corrected chi connectivity index (χ0v) is 7.88. The molecule has 0 aromatic heterocycles. The predicted octanol–water partition coefficient (Wildman–Crippen LogP) is 0.921. The van der Waals surface area contributed by atoms with Crippen molar-refractivity contribution in [2.45, 2.75) is 26.8 Å². The van der Waals surface area contributed by atoms with Crippen LogP contribution in [0.2, 0.25) is 0 Å². The van der Waals surface area contributed by atoms with Crippen LogP contribution in [0.1, 0.15) is 20.8 Å². The van der Waals surface area contributed by atoms with Crippen molar-refractivity contribution in [1.29, 1.82) is 0 Å². The normalized spacial score (nSPS) is 23.7. The molecule has 1 fully saturated rings. The van der Waals surface area contributed by atoms with Crippen LogP contribution in [-0.2, 0) is 0 Å². The summed E-state index contributed by atoms with van der Waals surface area (Å²) in [5.41, 5.74) is 5.76.